The van der Waals surface area contributed by atoms with E-state index in [9.17, 15) is 14.4 Å². The SMILES string of the molecule is C[C@H](OC(=O)c1ccccc1)C(=O)Nc1sccc1C(N)=O. The molecule has 3 N–H and O–H groups in total. The molecule has 0 aliphatic rings. The van der Waals surface area contributed by atoms with Gasteiger partial charge in [0.2, 0.25) is 0 Å². The summed E-state index contributed by atoms with van der Waals surface area (Å²) in [5, 5.41) is 4.50. The third-order valence-electron chi connectivity index (χ3n) is 2.83. The Hall–Kier alpha value is -2.67. The van der Waals surface area contributed by atoms with E-state index in [2.05, 4.69) is 5.32 Å². The quantitative estimate of drug-likeness (QED) is 0.824. The van der Waals surface area contributed by atoms with Gasteiger partial charge < -0.3 is 15.8 Å². The summed E-state index contributed by atoms with van der Waals surface area (Å²) in [5.74, 6) is -1.76. The lowest BCUT2D eigenvalue weighted by Crippen LogP contribution is -2.30. The largest absolute Gasteiger partial charge is 0.449 e. The van der Waals surface area contributed by atoms with E-state index < -0.39 is 23.9 Å². The fourth-order valence-corrected chi connectivity index (χ4v) is 2.47. The van der Waals surface area contributed by atoms with Crippen LogP contribution in [-0.2, 0) is 9.53 Å². The lowest BCUT2D eigenvalue weighted by atomic mass is 10.2. The maximum absolute atomic E-state index is 12.0. The average molecular weight is 318 g/mol. The first-order chi connectivity index (χ1) is 10.5. The summed E-state index contributed by atoms with van der Waals surface area (Å²) in [4.78, 5) is 35.1. The van der Waals surface area contributed by atoms with Crippen LogP contribution in [0.2, 0.25) is 0 Å². The van der Waals surface area contributed by atoms with E-state index in [1.807, 2.05) is 0 Å². The normalized spacial score (nSPS) is 11.5. The van der Waals surface area contributed by atoms with E-state index in [-0.39, 0.29) is 5.56 Å². The summed E-state index contributed by atoms with van der Waals surface area (Å²) in [6, 6.07) is 9.88. The third-order valence-corrected chi connectivity index (χ3v) is 3.66. The molecule has 1 atom stereocenters. The van der Waals surface area contributed by atoms with Gasteiger partial charge in [-0.3, -0.25) is 9.59 Å². The maximum Gasteiger partial charge on any atom is 0.338 e. The first-order valence-corrected chi connectivity index (χ1v) is 7.31. The van der Waals surface area contributed by atoms with Crippen LogP contribution in [0.4, 0.5) is 5.00 Å². The Balaban J connectivity index is 1.99. The van der Waals surface area contributed by atoms with E-state index >= 15 is 0 Å². The standard InChI is InChI=1S/C15H14N2O4S/c1-9(21-15(20)10-5-3-2-4-6-10)13(19)17-14-11(12(16)18)7-8-22-14/h2-9H,1H3,(H2,16,18)(H,17,19)/t9-/m0/s1. The van der Waals surface area contributed by atoms with Gasteiger partial charge in [-0.25, -0.2) is 4.79 Å². The van der Waals surface area contributed by atoms with Crippen molar-refractivity contribution < 1.29 is 19.1 Å². The minimum Gasteiger partial charge on any atom is -0.449 e. The van der Waals surface area contributed by atoms with Gasteiger partial charge in [0.25, 0.3) is 11.8 Å². The molecule has 0 fully saturated rings. The zero-order chi connectivity index (χ0) is 16.1. The summed E-state index contributed by atoms with van der Waals surface area (Å²) in [6.07, 6.45) is -1.00. The van der Waals surface area contributed by atoms with Crippen LogP contribution in [0, 0.1) is 0 Å². The van der Waals surface area contributed by atoms with Crippen LogP contribution < -0.4 is 11.1 Å². The predicted octanol–water partition coefficient (Wildman–Crippen LogP) is 2.03. The van der Waals surface area contributed by atoms with E-state index in [0.717, 1.165) is 0 Å². The second-order valence-electron chi connectivity index (χ2n) is 4.43. The molecule has 1 heterocycles. The fraction of sp³-hybridized carbons (Fsp3) is 0.133. The molecule has 1 aromatic heterocycles. The summed E-state index contributed by atoms with van der Waals surface area (Å²) < 4.78 is 5.08. The highest BCUT2D eigenvalue weighted by molar-refractivity contribution is 7.14. The van der Waals surface area contributed by atoms with Gasteiger partial charge in [-0.15, -0.1) is 11.3 Å². The number of rotatable bonds is 5. The number of esters is 1. The molecule has 22 heavy (non-hydrogen) atoms. The minimum absolute atomic E-state index is 0.222. The molecular weight excluding hydrogens is 304 g/mol. The number of carbonyl (C=O) groups excluding carboxylic acids is 3. The summed E-state index contributed by atoms with van der Waals surface area (Å²) >= 11 is 1.17. The van der Waals surface area contributed by atoms with Gasteiger partial charge in [0, 0.05) is 0 Å². The van der Waals surface area contributed by atoms with Crippen LogP contribution in [0.5, 0.6) is 0 Å². The van der Waals surface area contributed by atoms with Crippen LogP contribution in [0.25, 0.3) is 0 Å². The van der Waals surface area contributed by atoms with Gasteiger partial charge >= 0.3 is 5.97 Å². The van der Waals surface area contributed by atoms with Gasteiger partial charge in [-0.2, -0.15) is 0 Å². The van der Waals surface area contributed by atoms with Crippen molar-refractivity contribution in [2.75, 3.05) is 5.32 Å². The van der Waals surface area contributed by atoms with Crippen molar-refractivity contribution in [2.24, 2.45) is 5.73 Å². The lowest BCUT2D eigenvalue weighted by Gasteiger charge is -2.13. The van der Waals surface area contributed by atoms with Gasteiger partial charge in [0.15, 0.2) is 6.10 Å². The second-order valence-corrected chi connectivity index (χ2v) is 5.35. The van der Waals surface area contributed by atoms with E-state index in [1.54, 1.807) is 35.7 Å². The molecule has 2 aromatic rings. The molecule has 0 saturated heterocycles. The number of ether oxygens (including phenoxy) is 1. The van der Waals surface area contributed by atoms with E-state index in [4.69, 9.17) is 10.5 Å². The molecule has 0 aliphatic carbocycles. The van der Waals surface area contributed by atoms with Crippen molar-refractivity contribution in [3.05, 3.63) is 52.9 Å². The van der Waals surface area contributed by atoms with Gasteiger partial charge in [0.1, 0.15) is 5.00 Å². The van der Waals surface area contributed by atoms with E-state index in [0.29, 0.717) is 10.6 Å². The smallest absolute Gasteiger partial charge is 0.338 e. The highest BCUT2D eigenvalue weighted by Crippen LogP contribution is 2.23. The number of carbonyl (C=O) groups is 3. The van der Waals surface area contributed by atoms with Crippen LogP contribution >= 0.6 is 11.3 Å². The van der Waals surface area contributed by atoms with Crippen molar-refractivity contribution in [3.8, 4) is 0 Å². The Labute approximate surface area is 130 Å². The molecule has 1 aromatic carbocycles. The van der Waals surface area contributed by atoms with Crippen molar-refractivity contribution >= 4 is 34.1 Å². The molecule has 0 unspecified atom stereocenters. The number of primary amides is 1. The average Bonchev–Trinajstić information content (AvgIpc) is 2.96. The highest BCUT2D eigenvalue weighted by atomic mass is 32.1. The minimum atomic E-state index is -1.00. The Morgan fingerprint density at radius 2 is 1.86 bits per heavy atom. The van der Waals surface area contributed by atoms with Gasteiger partial charge in [-0.05, 0) is 30.5 Å². The Kier molecular flexibility index (Phi) is 4.90. The molecule has 0 bridgehead atoms. The molecule has 0 spiro atoms. The molecule has 7 heteroatoms. The molecular formula is C15H14N2O4S. The molecule has 6 nitrogen and oxygen atoms in total. The van der Waals surface area contributed by atoms with E-state index in [1.165, 1.54) is 24.3 Å². The summed E-state index contributed by atoms with van der Waals surface area (Å²) in [6.45, 7) is 1.45. The van der Waals surface area contributed by atoms with Gasteiger partial charge in [0.05, 0.1) is 11.1 Å². The molecule has 0 saturated carbocycles. The molecule has 0 aliphatic heterocycles. The van der Waals surface area contributed by atoms with Crippen molar-refractivity contribution in [3.63, 3.8) is 0 Å². The third kappa shape index (κ3) is 3.70. The topological polar surface area (TPSA) is 98.5 Å². The lowest BCUT2D eigenvalue weighted by molar-refractivity contribution is -0.123. The molecule has 0 radical (unpaired) electrons. The Morgan fingerprint density at radius 3 is 2.50 bits per heavy atom. The Morgan fingerprint density at radius 1 is 1.18 bits per heavy atom. The number of benzene rings is 1. The first-order valence-electron chi connectivity index (χ1n) is 6.43. The summed E-state index contributed by atoms with van der Waals surface area (Å²) in [5.41, 5.74) is 5.78. The number of thiophene rings is 1. The van der Waals surface area contributed by atoms with Crippen molar-refractivity contribution in [2.45, 2.75) is 13.0 Å². The first kappa shape index (κ1) is 15.7. The van der Waals surface area contributed by atoms with Crippen LogP contribution in [0.1, 0.15) is 27.6 Å². The van der Waals surface area contributed by atoms with Crippen molar-refractivity contribution in [1.29, 1.82) is 0 Å². The number of nitrogens with one attached hydrogen (secondary N) is 1. The fourth-order valence-electron chi connectivity index (χ4n) is 1.67. The molecule has 114 valence electrons. The number of anilines is 1. The second kappa shape index (κ2) is 6.86. The Bertz CT molecular complexity index is 697. The number of amides is 2. The maximum atomic E-state index is 12.0. The number of hydrogen-bond donors (Lipinski definition) is 2. The number of nitrogens with two attached hydrogens (primary N) is 1. The molecule has 2 rings (SSSR count). The van der Waals surface area contributed by atoms with Crippen LogP contribution in [0.3, 0.4) is 0 Å². The number of hydrogen-bond acceptors (Lipinski definition) is 5. The zero-order valence-corrected chi connectivity index (χ0v) is 12.6. The van der Waals surface area contributed by atoms with Crippen LogP contribution in [-0.4, -0.2) is 23.9 Å². The summed E-state index contributed by atoms with van der Waals surface area (Å²) in [7, 11) is 0. The van der Waals surface area contributed by atoms with Crippen LogP contribution in [0.15, 0.2) is 41.8 Å². The van der Waals surface area contributed by atoms with Gasteiger partial charge in [-0.1, -0.05) is 18.2 Å². The molecule has 2 amide bonds. The van der Waals surface area contributed by atoms with Crippen molar-refractivity contribution in [1.82, 2.24) is 0 Å². The highest BCUT2D eigenvalue weighted by Gasteiger charge is 2.21. The monoisotopic (exact) mass is 318 g/mol. The zero-order valence-electron chi connectivity index (χ0n) is 11.7. The predicted molar refractivity (Wildman–Crippen MR) is 82.8 cm³/mol.